The van der Waals surface area contributed by atoms with Crippen molar-refractivity contribution in [3.8, 4) is 16.9 Å². The highest BCUT2D eigenvalue weighted by atomic mass is 16.5. The molecular formula is C26H25N3O4. The van der Waals surface area contributed by atoms with Gasteiger partial charge in [0.2, 0.25) is 0 Å². The quantitative estimate of drug-likeness (QED) is 0.348. The summed E-state index contributed by atoms with van der Waals surface area (Å²) < 4.78 is 6.95. The van der Waals surface area contributed by atoms with E-state index in [1.54, 1.807) is 31.5 Å². The van der Waals surface area contributed by atoms with E-state index in [9.17, 15) is 14.7 Å². The fourth-order valence-electron chi connectivity index (χ4n) is 3.98. The molecule has 2 aromatic heterocycles. The van der Waals surface area contributed by atoms with Gasteiger partial charge in [0, 0.05) is 41.1 Å². The second kappa shape index (κ2) is 9.16. The number of hydrogen-bond donors (Lipinski definition) is 2. The Hall–Kier alpha value is -4.13. The van der Waals surface area contributed by atoms with E-state index in [0.29, 0.717) is 17.8 Å². The molecule has 0 aliphatic carbocycles. The molecule has 4 aromatic rings. The van der Waals surface area contributed by atoms with Crippen molar-refractivity contribution < 1.29 is 19.4 Å². The Balaban J connectivity index is 1.72. The Labute approximate surface area is 191 Å². The van der Waals surface area contributed by atoms with Gasteiger partial charge in [-0.2, -0.15) is 0 Å². The fraction of sp³-hybridized carbons (Fsp3) is 0.192. The number of benzene rings is 2. The maximum Gasteiger partial charge on any atom is 0.397 e. The number of esters is 1. The van der Waals surface area contributed by atoms with Gasteiger partial charge in [-0.25, -0.2) is 4.79 Å². The van der Waals surface area contributed by atoms with E-state index in [0.717, 1.165) is 33.3 Å². The molecule has 0 saturated carbocycles. The topological polar surface area (TPSA) is 93.5 Å². The van der Waals surface area contributed by atoms with Gasteiger partial charge in [0.25, 0.3) is 0 Å². The van der Waals surface area contributed by atoms with Crippen LogP contribution in [0.2, 0.25) is 0 Å². The van der Waals surface area contributed by atoms with E-state index in [1.165, 1.54) is 0 Å². The van der Waals surface area contributed by atoms with Crippen LogP contribution in [0.15, 0.2) is 60.9 Å². The number of hydrogen-bond acceptors (Lipinski definition) is 5. The number of nitrogens with zero attached hydrogens (tertiary/aromatic N) is 2. The lowest BCUT2D eigenvalue weighted by molar-refractivity contribution is -0.152. The molecule has 7 nitrogen and oxygen atoms in total. The number of rotatable bonds is 5. The van der Waals surface area contributed by atoms with Crippen molar-refractivity contribution in [2.45, 2.75) is 27.3 Å². The average molecular weight is 444 g/mol. The maximum atomic E-state index is 12.2. The van der Waals surface area contributed by atoms with Crippen LogP contribution in [0.25, 0.3) is 22.0 Å². The molecule has 2 aromatic carbocycles. The van der Waals surface area contributed by atoms with Gasteiger partial charge in [-0.05, 0) is 62.2 Å². The maximum absolute atomic E-state index is 12.2. The molecule has 0 atom stereocenters. The third-order valence-electron chi connectivity index (χ3n) is 5.55. The lowest BCUT2D eigenvalue weighted by Crippen LogP contribution is -2.25. The van der Waals surface area contributed by atoms with Crippen LogP contribution in [0.3, 0.4) is 0 Å². The smallest absolute Gasteiger partial charge is 0.397 e. The number of fused-ring (bicyclic) bond motifs is 1. The Kier molecular flexibility index (Phi) is 6.13. The van der Waals surface area contributed by atoms with Crippen molar-refractivity contribution in [2.24, 2.45) is 0 Å². The van der Waals surface area contributed by atoms with Crippen LogP contribution in [0.4, 0.5) is 5.69 Å². The first-order valence-corrected chi connectivity index (χ1v) is 10.7. The monoisotopic (exact) mass is 443 g/mol. The van der Waals surface area contributed by atoms with E-state index >= 15 is 0 Å². The van der Waals surface area contributed by atoms with Gasteiger partial charge in [0.05, 0.1) is 17.8 Å². The van der Waals surface area contributed by atoms with Gasteiger partial charge >= 0.3 is 11.9 Å². The summed E-state index contributed by atoms with van der Waals surface area (Å²) in [5, 5.41) is 13.9. The summed E-state index contributed by atoms with van der Waals surface area (Å²) in [7, 11) is 0. The van der Waals surface area contributed by atoms with Gasteiger partial charge in [-0.1, -0.05) is 18.2 Å². The highest BCUT2D eigenvalue weighted by Crippen LogP contribution is 2.33. The van der Waals surface area contributed by atoms with E-state index in [-0.39, 0.29) is 12.4 Å². The predicted octanol–water partition coefficient (Wildman–Crippen LogP) is 4.58. The largest absolute Gasteiger partial charge is 0.507 e. The number of carbonyl (C=O) groups is 2. The van der Waals surface area contributed by atoms with E-state index < -0.39 is 11.9 Å². The molecule has 0 unspecified atom stereocenters. The second-order valence-corrected chi connectivity index (χ2v) is 7.83. The van der Waals surface area contributed by atoms with Crippen molar-refractivity contribution in [1.82, 2.24) is 9.55 Å². The second-order valence-electron chi connectivity index (χ2n) is 7.83. The van der Waals surface area contributed by atoms with Crippen molar-refractivity contribution in [3.63, 3.8) is 0 Å². The van der Waals surface area contributed by atoms with Gasteiger partial charge < -0.3 is 19.7 Å². The number of phenolic OH excluding ortho intramolecular Hbond substituents is 1. The first kappa shape index (κ1) is 22.1. The molecule has 0 aliphatic rings. The molecule has 4 rings (SSSR count). The van der Waals surface area contributed by atoms with Crippen LogP contribution in [-0.2, 0) is 20.9 Å². The molecule has 2 N–H and O–H groups in total. The first-order chi connectivity index (χ1) is 15.9. The van der Waals surface area contributed by atoms with Gasteiger partial charge in [0.15, 0.2) is 0 Å². The third-order valence-corrected chi connectivity index (χ3v) is 5.55. The Morgan fingerprint density at radius 1 is 1.12 bits per heavy atom. The number of anilines is 1. The van der Waals surface area contributed by atoms with Gasteiger partial charge in [-0.3, -0.25) is 9.78 Å². The summed E-state index contributed by atoms with van der Waals surface area (Å²) in [4.78, 5) is 28.1. The number of carbonyl (C=O) groups excluding carboxylic acids is 2. The highest BCUT2D eigenvalue weighted by Gasteiger charge is 2.19. The first-order valence-electron chi connectivity index (χ1n) is 10.7. The Bertz CT molecular complexity index is 1340. The molecule has 0 bridgehead atoms. The van der Waals surface area contributed by atoms with E-state index in [2.05, 4.69) is 14.9 Å². The van der Waals surface area contributed by atoms with E-state index in [4.69, 9.17) is 4.74 Å². The number of phenols is 1. The minimum Gasteiger partial charge on any atom is -0.507 e. The summed E-state index contributed by atoms with van der Waals surface area (Å²) in [5.41, 5.74) is 6.12. The zero-order valence-corrected chi connectivity index (χ0v) is 18.8. The summed E-state index contributed by atoms with van der Waals surface area (Å²) in [5.74, 6) is -1.51. The zero-order valence-electron chi connectivity index (χ0n) is 18.8. The molecule has 2 heterocycles. The Morgan fingerprint density at radius 3 is 2.67 bits per heavy atom. The number of aromatic nitrogens is 2. The van der Waals surface area contributed by atoms with Gasteiger partial charge in [0.1, 0.15) is 5.75 Å². The number of aromatic hydroxyl groups is 1. The molecule has 0 aliphatic heterocycles. The summed E-state index contributed by atoms with van der Waals surface area (Å²) in [6.07, 6.45) is 3.42. The number of amides is 1. The minimum absolute atomic E-state index is 0.138. The highest BCUT2D eigenvalue weighted by molar-refractivity contribution is 6.38. The molecule has 0 spiro atoms. The summed E-state index contributed by atoms with van der Waals surface area (Å²) >= 11 is 0. The zero-order chi connectivity index (χ0) is 23.5. The summed E-state index contributed by atoms with van der Waals surface area (Å²) in [6, 6.07) is 15.0. The number of ether oxygens (including phenoxy) is 1. The molecule has 0 saturated heterocycles. The normalized spacial score (nSPS) is 10.9. The van der Waals surface area contributed by atoms with Crippen LogP contribution in [0.5, 0.6) is 5.75 Å². The minimum atomic E-state index is -0.908. The Morgan fingerprint density at radius 2 is 1.94 bits per heavy atom. The van der Waals surface area contributed by atoms with Crippen LogP contribution >= 0.6 is 0 Å². The van der Waals surface area contributed by atoms with Crippen LogP contribution in [0, 0.1) is 13.8 Å². The molecule has 1 amide bonds. The predicted molar refractivity (Wildman–Crippen MR) is 127 cm³/mol. The molecule has 168 valence electrons. The lowest BCUT2D eigenvalue weighted by atomic mass is 10.0. The average Bonchev–Trinajstić information content (AvgIpc) is 3.14. The van der Waals surface area contributed by atoms with Crippen LogP contribution in [-0.4, -0.2) is 33.1 Å². The standard InChI is InChI=1S/C26H25N3O4/c1-4-33-26(32)25(31)28-22-9-7-16(2)24-21(22)12-17(3)29(24)15-18-8-10-23(30)20(13-18)19-6-5-11-27-14-19/h5-14,30H,4,15H2,1-3H3,(H,28,31). The molecule has 0 radical (unpaired) electrons. The van der Waals surface area contributed by atoms with Crippen molar-refractivity contribution >= 4 is 28.5 Å². The van der Waals surface area contributed by atoms with Crippen LogP contribution in [0.1, 0.15) is 23.7 Å². The van der Waals surface area contributed by atoms with Gasteiger partial charge in [-0.15, -0.1) is 0 Å². The molecule has 0 fully saturated rings. The lowest BCUT2D eigenvalue weighted by Gasteiger charge is -2.14. The third kappa shape index (κ3) is 4.43. The van der Waals surface area contributed by atoms with Crippen molar-refractivity contribution in [1.29, 1.82) is 0 Å². The van der Waals surface area contributed by atoms with E-state index in [1.807, 2.05) is 50.2 Å². The summed E-state index contributed by atoms with van der Waals surface area (Å²) in [6.45, 7) is 6.37. The van der Waals surface area contributed by atoms with Crippen LogP contribution < -0.4 is 5.32 Å². The SMILES string of the molecule is CCOC(=O)C(=O)Nc1ccc(C)c2c1cc(C)n2Cc1ccc(O)c(-c2cccnc2)c1. The molecule has 7 heteroatoms. The molecular weight excluding hydrogens is 418 g/mol. The van der Waals surface area contributed by atoms with Crippen molar-refractivity contribution in [3.05, 3.63) is 77.7 Å². The molecule has 33 heavy (non-hydrogen) atoms. The number of nitrogens with one attached hydrogen (secondary N) is 1. The fourth-order valence-corrected chi connectivity index (χ4v) is 3.98. The number of pyridine rings is 1. The van der Waals surface area contributed by atoms with Crippen molar-refractivity contribution in [2.75, 3.05) is 11.9 Å². The number of aryl methyl sites for hydroxylation is 2.